The van der Waals surface area contributed by atoms with Crippen LogP contribution in [0.5, 0.6) is 5.75 Å². The van der Waals surface area contributed by atoms with E-state index in [9.17, 15) is 18.0 Å². The van der Waals surface area contributed by atoms with E-state index in [2.05, 4.69) is 37.2 Å². The van der Waals surface area contributed by atoms with Crippen molar-refractivity contribution in [1.82, 2.24) is 0 Å². The molecule has 0 aromatic heterocycles. The van der Waals surface area contributed by atoms with E-state index in [1.54, 1.807) is 0 Å². The van der Waals surface area contributed by atoms with E-state index < -0.39 is 17.6 Å². The van der Waals surface area contributed by atoms with Crippen LogP contribution in [-0.4, -0.2) is 24.7 Å². The second-order valence-corrected chi connectivity index (χ2v) is 5.83. The van der Waals surface area contributed by atoms with E-state index in [1.807, 2.05) is 0 Å². The van der Waals surface area contributed by atoms with Gasteiger partial charge in [0, 0.05) is 10.5 Å². The summed E-state index contributed by atoms with van der Waals surface area (Å²) in [6, 6.07) is 2.91. The highest BCUT2D eigenvalue weighted by atomic mass is 79.9. The van der Waals surface area contributed by atoms with E-state index in [1.165, 1.54) is 19.2 Å². The van der Waals surface area contributed by atoms with Crippen molar-refractivity contribution in [1.29, 1.82) is 0 Å². The van der Waals surface area contributed by atoms with Crippen LogP contribution in [-0.2, 0) is 4.79 Å². The summed E-state index contributed by atoms with van der Waals surface area (Å²) < 4.78 is 44.0. The molecule has 112 valence electrons. The highest BCUT2D eigenvalue weighted by Gasteiger charge is 2.54. The number of benzene rings is 1. The van der Waals surface area contributed by atoms with Crippen molar-refractivity contribution in [3.8, 4) is 5.75 Å². The third kappa shape index (κ3) is 3.44. The number of nitrogens with two attached hydrogens (primary N) is 1. The molecule has 4 nitrogen and oxygen atoms in total. The van der Waals surface area contributed by atoms with Gasteiger partial charge in [-0.3, -0.25) is 4.79 Å². The van der Waals surface area contributed by atoms with E-state index in [0.717, 1.165) is 0 Å². The average molecular weight is 420 g/mol. The Labute approximate surface area is 130 Å². The molecule has 0 spiro atoms. The predicted molar refractivity (Wildman–Crippen MR) is 75.7 cm³/mol. The predicted octanol–water partition coefficient (Wildman–Crippen LogP) is 3.44. The van der Waals surface area contributed by atoms with Crippen LogP contribution in [0.15, 0.2) is 21.1 Å². The molecule has 1 rings (SSSR count). The van der Waals surface area contributed by atoms with Crippen molar-refractivity contribution >= 4 is 43.5 Å². The summed E-state index contributed by atoms with van der Waals surface area (Å²) in [6.07, 6.45) is -4.86. The number of nitrogens with one attached hydrogen (secondary N) is 1. The summed E-state index contributed by atoms with van der Waals surface area (Å²) in [4.78, 5) is 11.7. The molecule has 1 aromatic carbocycles. The fourth-order valence-corrected chi connectivity index (χ4v) is 2.42. The molecule has 1 aromatic rings. The fourth-order valence-electron chi connectivity index (χ4n) is 1.16. The minimum absolute atomic E-state index is 0.121. The Balaban J connectivity index is 3.08. The van der Waals surface area contributed by atoms with Crippen molar-refractivity contribution in [2.24, 2.45) is 5.73 Å². The van der Waals surface area contributed by atoms with Gasteiger partial charge in [0.05, 0.1) is 17.3 Å². The summed E-state index contributed by atoms with van der Waals surface area (Å²) in [5.41, 5.74) is 2.17. The highest BCUT2D eigenvalue weighted by molar-refractivity contribution is 9.11. The van der Waals surface area contributed by atoms with Crippen LogP contribution in [0.25, 0.3) is 0 Å². The summed E-state index contributed by atoms with van der Waals surface area (Å²) in [7, 11) is 1.39. The van der Waals surface area contributed by atoms with Crippen LogP contribution in [0.1, 0.15) is 6.92 Å². The number of methoxy groups -OCH3 is 1. The first-order valence-corrected chi connectivity index (χ1v) is 6.79. The van der Waals surface area contributed by atoms with Gasteiger partial charge in [-0.15, -0.1) is 0 Å². The molecule has 0 fully saturated rings. The zero-order chi connectivity index (χ0) is 15.7. The second kappa shape index (κ2) is 5.90. The number of hydrogen-bond acceptors (Lipinski definition) is 3. The summed E-state index contributed by atoms with van der Waals surface area (Å²) in [6.45, 7) is 0.603. The normalized spacial score (nSPS) is 14.6. The molecule has 0 radical (unpaired) electrons. The lowest BCUT2D eigenvalue weighted by Gasteiger charge is -2.26. The van der Waals surface area contributed by atoms with Crippen molar-refractivity contribution < 1.29 is 22.7 Å². The number of amides is 1. The average Bonchev–Trinajstić information content (AvgIpc) is 2.30. The summed E-state index contributed by atoms with van der Waals surface area (Å²) in [5, 5.41) is 2.13. The molecule has 0 bridgehead atoms. The minimum atomic E-state index is -4.86. The lowest BCUT2D eigenvalue weighted by molar-refractivity contribution is -0.184. The molecule has 0 saturated carbocycles. The quantitative estimate of drug-likeness (QED) is 0.788. The molecule has 0 heterocycles. The Bertz CT molecular complexity index is 533. The third-order valence-electron chi connectivity index (χ3n) is 2.55. The van der Waals surface area contributed by atoms with Crippen LogP contribution in [0.3, 0.4) is 0 Å². The van der Waals surface area contributed by atoms with Gasteiger partial charge in [0.2, 0.25) is 0 Å². The molecule has 0 aliphatic heterocycles. The standard InChI is InChI=1S/C11H11Br2F3N2O2/c1-10(17,11(14,15)16)9(19)18-7-4-8(20-2)6(13)3-5(7)12/h3-4H,17H2,1-2H3,(H,18,19). The van der Waals surface area contributed by atoms with Crippen LogP contribution in [0, 0.1) is 0 Å². The summed E-state index contributed by atoms with van der Waals surface area (Å²) in [5.74, 6) is -1.01. The molecule has 1 unspecified atom stereocenters. The number of ether oxygens (including phenoxy) is 1. The van der Waals surface area contributed by atoms with Gasteiger partial charge < -0.3 is 15.8 Å². The molecule has 0 saturated heterocycles. The van der Waals surface area contributed by atoms with Gasteiger partial charge in [-0.2, -0.15) is 13.2 Å². The van der Waals surface area contributed by atoms with E-state index in [-0.39, 0.29) is 5.69 Å². The first-order chi connectivity index (χ1) is 9.00. The van der Waals surface area contributed by atoms with Crippen LogP contribution in [0.4, 0.5) is 18.9 Å². The van der Waals surface area contributed by atoms with Gasteiger partial charge in [-0.25, -0.2) is 0 Å². The van der Waals surface area contributed by atoms with Crippen LogP contribution >= 0.6 is 31.9 Å². The van der Waals surface area contributed by atoms with Gasteiger partial charge >= 0.3 is 6.18 Å². The second-order valence-electron chi connectivity index (χ2n) is 4.12. The maximum Gasteiger partial charge on any atom is 0.415 e. The van der Waals surface area contributed by atoms with Crippen LogP contribution < -0.4 is 15.8 Å². The molecule has 9 heteroatoms. The number of rotatable bonds is 3. The first kappa shape index (κ1) is 17.3. The Morgan fingerprint density at radius 3 is 2.30 bits per heavy atom. The number of alkyl halides is 3. The maximum atomic E-state index is 12.7. The molecule has 3 N–H and O–H groups in total. The zero-order valence-electron chi connectivity index (χ0n) is 10.4. The smallest absolute Gasteiger partial charge is 0.415 e. The van der Waals surface area contributed by atoms with E-state index in [0.29, 0.717) is 21.6 Å². The van der Waals surface area contributed by atoms with Gasteiger partial charge in [-0.1, -0.05) is 0 Å². The number of hydrogen-bond donors (Lipinski definition) is 2. The van der Waals surface area contributed by atoms with Crippen molar-refractivity contribution in [3.05, 3.63) is 21.1 Å². The lowest BCUT2D eigenvalue weighted by atomic mass is 10.0. The zero-order valence-corrected chi connectivity index (χ0v) is 13.6. The van der Waals surface area contributed by atoms with Crippen molar-refractivity contribution in [3.63, 3.8) is 0 Å². The van der Waals surface area contributed by atoms with E-state index >= 15 is 0 Å². The van der Waals surface area contributed by atoms with Crippen LogP contribution in [0.2, 0.25) is 0 Å². The molecule has 20 heavy (non-hydrogen) atoms. The molecule has 0 aliphatic carbocycles. The Hall–Kier alpha value is -0.800. The molecular weight excluding hydrogens is 409 g/mol. The van der Waals surface area contributed by atoms with Gasteiger partial charge in [-0.05, 0) is 44.8 Å². The Morgan fingerprint density at radius 1 is 1.30 bits per heavy atom. The third-order valence-corrected chi connectivity index (χ3v) is 3.83. The number of carbonyl (C=O) groups excluding carboxylic acids is 1. The SMILES string of the molecule is COc1cc(NC(=O)C(C)(N)C(F)(F)F)c(Br)cc1Br. The largest absolute Gasteiger partial charge is 0.495 e. The molecule has 0 aliphatic rings. The first-order valence-electron chi connectivity index (χ1n) is 5.20. The van der Waals surface area contributed by atoms with Crippen molar-refractivity contribution in [2.75, 3.05) is 12.4 Å². The Kier molecular flexibility index (Phi) is 5.09. The number of anilines is 1. The van der Waals surface area contributed by atoms with Gasteiger partial charge in [0.15, 0.2) is 5.54 Å². The highest BCUT2D eigenvalue weighted by Crippen LogP contribution is 2.36. The monoisotopic (exact) mass is 418 g/mol. The van der Waals surface area contributed by atoms with Crippen molar-refractivity contribution in [2.45, 2.75) is 18.6 Å². The van der Waals surface area contributed by atoms with Gasteiger partial charge in [0.1, 0.15) is 5.75 Å². The number of carbonyl (C=O) groups is 1. The fraction of sp³-hybridized carbons (Fsp3) is 0.364. The number of halogens is 5. The topological polar surface area (TPSA) is 64.3 Å². The molecule has 1 amide bonds. The molecular formula is C11H11Br2F3N2O2. The summed E-state index contributed by atoms with van der Waals surface area (Å²) >= 11 is 6.34. The Morgan fingerprint density at radius 2 is 1.85 bits per heavy atom. The lowest BCUT2D eigenvalue weighted by Crippen LogP contribution is -2.59. The van der Waals surface area contributed by atoms with Gasteiger partial charge in [0.25, 0.3) is 5.91 Å². The maximum absolute atomic E-state index is 12.7. The molecule has 1 atom stereocenters. The van der Waals surface area contributed by atoms with E-state index in [4.69, 9.17) is 10.5 Å². The minimum Gasteiger partial charge on any atom is -0.495 e.